The van der Waals surface area contributed by atoms with Crippen molar-refractivity contribution < 1.29 is 4.79 Å². The van der Waals surface area contributed by atoms with Gasteiger partial charge in [-0.25, -0.2) is 0 Å². The fraction of sp³-hybridized carbons (Fsp3) is 0.909. The molecule has 2 aliphatic heterocycles. The molecule has 0 saturated carbocycles. The molecule has 2 fully saturated rings. The first-order chi connectivity index (χ1) is 7.18. The zero-order valence-electron chi connectivity index (χ0n) is 9.53. The maximum atomic E-state index is 11.7. The largest absolute Gasteiger partial charge is 0.325 e. The van der Waals surface area contributed by atoms with E-state index in [9.17, 15) is 4.79 Å². The summed E-state index contributed by atoms with van der Waals surface area (Å²) in [7, 11) is 0. The van der Waals surface area contributed by atoms with Crippen LogP contribution in [0, 0.1) is 11.8 Å². The molecule has 0 bridgehead atoms. The first-order valence-electron chi connectivity index (χ1n) is 5.79. The van der Waals surface area contributed by atoms with E-state index < -0.39 is 0 Å². The summed E-state index contributed by atoms with van der Waals surface area (Å²) in [5.41, 5.74) is 0. The molecule has 1 N–H and O–H groups in total. The van der Waals surface area contributed by atoms with Gasteiger partial charge in [-0.15, -0.1) is 0 Å². The first-order valence-corrected chi connectivity index (χ1v) is 6.94. The lowest BCUT2D eigenvalue weighted by atomic mass is 10.1. The van der Waals surface area contributed by atoms with Gasteiger partial charge in [-0.3, -0.25) is 10.1 Å². The summed E-state index contributed by atoms with van der Waals surface area (Å²) in [6.07, 6.45) is 1.54. The van der Waals surface area contributed by atoms with Gasteiger partial charge in [0.2, 0.25) is 5.91 Å². The highest BCUT2D eigenvalue weighted by atomic mass is 32.2. The minimum absolute atomic E-state index is 0.267. The molecule has 1 amide bonds. The van der Waals surface area contributed by atoms with Gasteiger partial charge in [0, 0.05) is 6.54 Å². The lowest BCUT2D eigenvalue weighted by Gasteiger charge is -2.29. The highest BCUT2D eigenvalue weighted by Gasteiger charge is 2.34. The molecule has 0 aromatic carbocycles. The Balaban J connectivity index is 1.94. The number of rotatable bonds is 3. The van der Waals surface area contributed by atoms with Crippen LogP contribution in [0.5, 0.6) is 0 Å². The molecule has 86 valence electrons. The summed E-state index contributed by atoms with van der Waals surface area (Å²) in [4.78, 5) is 13.8. The predicted octanol–water partition coefficient (Wildman–Crippen LogP) is 1.15. The number of hydrogen-bond acceptors (Lipinski definition) is 3. The third-order valence-corrected chi connectivity index (χ3v) is 4.46. The molecule has 0 aliphatic carbocycles. The fourth-order valence-corrected chi connectivity index (χ4v) is 3.65. The quantitative estimate of drug-likeness (QED) is 0.786. The zero-order valence-corrected chi connectivity index (χ0v) is 10.3. The second-order valence-electron chi connectivity index (χ2n) is 4.85. The van der Waals surface area contributed by atoms with Gasteiger partial charge in [0.15, 0.2) is 0 Å². The molecule has 2 atom stereocenters. The Morgan fingerprint density at radius 1 is 1.60 bits per heavy atom. The molecule has 2 aliphatic rings. The van der Waals surface area contributed by atoms with Gasteiger partial charge in [0.05, 0.1) is 12.7 Å². The molecule has 0 spiro atoms. The number of thioether (sulfide) groups is 1. The minimum Gasteiger partial charge on any atom is -0.325 e. The summed E-state index contributed by atoms with van der Waals surface area (Å²) in [6.45, 7) is 5.84. The van der Waals surface area contributed by atoms with E-state index in [1.54, 1.807) is 0 Å². The van der Waals surface area contributed by atoms with Gasteiger partial charge in [-0.05, 0) is 29.8 Å². The van der Waals surface area contributed by atoms with Crippen molar-refractivity contribution in [2.75, 3.05) is 24.6 Å². The SMILES string of the molecule is CC(C)C1NCC(=O)N1CC1CCSC1. The van der Waals surface area contributed by atoms with E-state index in [1.807, 2.05) is 11.8 Å². The fourth-order valence-electron chi connectivity index (χ4n) is 2.38. The monoisotopic (exact) mass is 228 g/mol. The molecule has 2 saturated heterocycles. The van der Waals surface area contributed by atoms with Crippen molar-refractivity contribution in [2.24, 2.45) is 11.8 Å². The molecule has 2 unspecified atom stereocenters. The molecule has 0 aromatic heterocycles. The van der Waals surface area contributed by atoms with Crippen molar-refractivity contribution in [2.45, 2.75) is 26.4 Å². The normalized spacial score (nSPS) is 31.9. The maximum Gasteiger partial charge on any atom is 0.237 e. The van der Waals surface area contributed by atoms with Gasteiger partial charge < -0.3 is 4.90 Å². The lowest BCUT2D eigenvalue weighted by Crippen LogP contribution is -2.43. The van der Waals surface area contributed by atoms with Crippen LogP contribution in [0.2, 0.25) is 0 Å². The Morgan fingerprint density at radius 3 is 3.00 bits per heavy atom. The van der Waals surface area contributed by atoms with E-state index in [4.69, 9.17) is 0 Å². The molecule has 3 nitrogen and oxygen atoms in total. The second-order valence-corrected chi connectivity index (χ2v) is 6.00. The van der Waals surface area contributed by atoms with Crippen LogP contribution >= 0.6 is 11.8 Å². The van der Waals surface area contributed by atoms with Crippen molar-refractivity contribution in [3.8, 4) is 0 Å². The Bertz CT molecular complexity index is 239. The van der Waals surface area contributed by atoms with Crippen LogP contribution in [0.3, 0.4) is 0 Å². The van der Waals surface area contributed by atoms with Crippen LogP contribution < -0.4 is 5.32 Å². The van der Waals surface area contributed by atoms with Crippen LogP contribution in [-0.4, -0.2) is 41.6 Å². The Kier molecular flexibility index (Phi) is 3.57. The number of hydrogen-bond donors (Lipinski definition) is 1. The highest BCUT2D eigenvalue weighted by molar-refractivity contribution is 7.99. The maximum absolute atomic E-state index is 11.7. The van der Waals surface area contributed by atoms with Gasteiger partial charge in [-0.1, -0.05) is 13.8 Å². The van der Waals surface area contributed by atoms with E-state index in [-0.39, 0.29) is 12.1 Å². The molecule has 0 radical (unpaired) electrons. The smallest absolute Gasteiger partial charge is 0.237 e. The second kappa shape index (κ2) is 4.74. The molecular weight excluding hydrogens is 208 g/mol. The van der Waals surface area contributed by atoms with Crippen molar-refractivity contribution >= 4 is 17.7 Å². The number of carbonyl (C=O) groups is 1. The molecule has 4 heteroatoms. The lowest BCUT2D eigenvalue weighted by molar-refractivity contribution is -0.129. The topological polar surface area (TPSA) is 32.3 Å². The summed E-state index contributed by atoms with van der Waals surface area (Å²) < 4.78 is 0. The van der Waals surface area contributed by atoms with Gasteiger partial charge in [-0.2, -0.15) is 11.8 Å². The number of amides is 1. The van der Waals surface area contributed by atoms with E-state index in [2.05, 4.69) is 24.1 Å². The third kappa shape index (κ3) is 2.48. The van der Waals surface area contributed by atoms with Crippen LogP contribution in [0.15, 0.2) is 0 Å². The van der Waals surface area contributed by atoms with Gasteiger partial charge >= 0.3 is 0 Å². The average molecular weight is 228 g/mol. The zero-order chi connectivity index (χ0) is 10.8. The van der Waals surface area contributed by atoms with E-state index in [0.717, 1.165) is 12.5 Å². The van der Waals surface area contributed by atoms with Crippen LogP contribution in [-0.2, 0) is 4.79 Å². The first kappa shape index (κ1) is 11.3. The van der Waals surface area contributed by atoms with Crippen molar-refractivity contribution in [1.29, 1.82) is 0 Å². The summed E-state index contributed by atoms with van der Waals surface area (Å²) in [6, 6.07) is 0. The molecule has 2 heterocycles. The molecule has 0 aromatic rings. The minimum atomic E-state index is 0.267. The van der Waals surface area contributed by atoms with Crippen molar-refractivity contribution in [3.05, 3.63) is 0 Å². The third-order valence-electron chi connectivity index (χ3n) is 3.23. The Labute approximate surface area is 96.0 Å². The van der Waals surface area contributed by atoms with Crippen LogP contribution in [0.1, 0.15) is 20.3 Å². The van der Waals surface area contributed by atoms with Crippen molar-refractivity contribution in [1.82, 2.24) is 10.2 Å². The summed E-state index contributed by atoms with van der Waals surface area (Å²) >= 11 is 2.02. The number of nitrogens with zero attached hydrogens (tertiary/aromatic N) is 1. The van der Waals surface area contributed by atoms with Gasteiger partial charge in [0.1, 0.15) is 0 Å². The predicted molar refractivity (Wildman–Crippen MR) is 63.8 cm³/mol. The van der Waals surface area contributed by atoms with Gasteiger partial charge in [0.25, 0.3) is 0 Å². The average Bonchev–Trinajstić information content (AvgIpc) is 2.78. The van der Waals surface area contributed by atoms with E-state index in [1.165, 1.54) is 17.9 Å². The van der Waals surface area contributed by atoms with E-state index in [0.29, 0.717) is 12.5 Å². The van der Waals surface area contributed by atoms with Crippen molar-refractivity contribution in [3.63, 3.8) is 0 Å². The summed E-state index contributed by atoms with van der Waals surface area (Å²) in [5, 5.41) is 3.30. The molecular formula is C11H20N2OS. The molecule has 2 rings (SSSR count). The standard InChI is InChI=1S/C11H20N2OS/c1-8(2)11-12-5-10(14)13(11)6-9-3-4-15-7-9/h8-9,11-12H,3-7H2,1-2H3. The number of carbonyl (C=O) groups excluding carboxylic acids is 1. The summed E-state index contributed by atoms with van der Waals surface area (Å²) in [5.74, 6) is 4.01. The van der Waals surface area contributed by atoms with E-state index >= 15 is 0 Å². The van der Waals surface area contributed by atoms with Crippen LogP contribution in [0.4, 0.5) is 0 Å². The molecule has 15 heavy (non-hydrogen) atoms. The number of nitrogens with one attached hydrogen (secondary N) is 1. The van der Waals surface area contributed by atoms with Crippen LogP contribution in [0.25, 0.3) is 0 Å². The highest BCUT2D eigenvalue weighted by Crippen LogP contribution is 2.26. The Morgan fingerprint density at radius 2 is 2.40 bits per heavy atom. The Hall–Kier alpha value is -0.220.